The first-order valence-electron chi connectivity index (χ1n) is 10.00. The number of hydrogen-bond acceptors (Lipinski definition) is 5. The minimum Gasteiger partial charge on any atom is -0.433 e. The molecule has 0 spiro atoms. The molecule has 2 bridgehead atoms. The van der Waals surface area contributed by atoms with Crippen molar-refractivity contribution in [3.8, 4) is 5.75 Å². The molecule has 3 fully saturated rings. The maximum atomic E-state index is 14.1. The van der Waals surface area contributed by atoms with Crippen molar-refractivity contribution < 1.29 is 22.7 Å². The highest BCUT2D eigenvalue weighted by atomic mass is 19.3. The van der Waals surface area contributed by atoms with Crippen LogP contribution in [0.15, 0.2) is 12.1 Å². The normalized spacial score (nSPS) is 22.4. The van der Waals surface area contributed by atoms with Gasteiger partial charge in [-0.05, 0) is 39.3 Å². The maximum Gasteiger partial charge on any atom is 0.387 e. The number of rotatable bonds is 6. The van der Waals surface area contributed by atoms with E-state index in [1.807, 2.05) is 20.8 Å². The van der Waals surface area contributed by atoms with Gasteiger partial charge in [0, 0.05) is 30.7 Å². The van der Waals surface area contributed by atoms with Crippen molar-refractivity contribution in [2.75, 3.05) is 19.6 Å². The number of H-pyrrole nitrogens is 1. The van der Waals surface area contributed by atoms with E-state index >= 15 is 0 Å². The molecule has 2 aromatic rings. The fourth-order valence-electron chi connectivity index (χ4n) is 4.35. The van der Waals surface area contributed by atoms with E-state index in [0.717, 1.165) is 25.6 Å². The van der Waals surface area contributed by atoms with Crippen LogP contribution in [-0.4, -0.2) is 69.5 Å². The second kappa shape index (κ2) is 7.73. The molecule has 5 rings (SSSR count). The number of amides is 1. The minimum absolute atomic E-state index is 0.00852. The third-order valence-corrected chi connectivity index (χ3v) is 5.46. The topological polar surface area (TPSA) is 73.5 Å². The van der Waals surface area contributed by atoms with Gasteiger partial charge in [-0.25, -0.2) is 9.37 Å². The number of piperazine rings is 1. The largest absolute Gasteiger partial charge is 0.433 e. The average Bonchev–Trinajstić information content (AvgIpc) is 3.05. The molecule has 3 aliphatic heterocycles. The molecule has 1 aromatic heterocycles. The van der Waals surface area contributed by atoms with E-state index < -0.39 is 12.4 Å². The molecule has 0 saturated carbocycles. The van der Waals surface area contributed by atoms with E-state index in [9.17, 15) is 18.0 Å². The number of piperidine rings is 1. The predicted molar refractivity (Wildman–Crippen MR) is 105 cm³/mol. The van der Waals surface area contributed by atoms with Crippen LogP contribution in [0.1, 0.15) is 33.0 Å². The molecule has 164 valence electrons. The molecule has 3 saturated heterocycles. The molecule has 2 unspecified atom stereocenters. The van der Waals surface area contributed by atoms with Crippen LogP contribution >= 0.6 is 0 Å². The predicted octanol–water partition coefficient (Wildman–Crippen LogP) is 2.48. The molecule has 3 aliphatic rings. The van der Waals surface area contributed by atoms with Gasteiger partial charge in [0.1, 0.15) is 16.9 Å². The molecule has 0 aliphatic carbocycles. The summed E-state index contributed by atoms with van der Waals surface area (Å²) in [4.78, 5) is 23.8. The number of aromatic amines is 1. The van der Waals surface area contributed by atoms with Crippen LogP contribution in [0.4, 0.5) is 13.2 Å². The van der Waals surface area contributed by atoms with Crippen LogP contribution in [0.3, 0.4) is 0 Å². The van der Waals surface area contributed by atoms with Crippen LogP contribution in [0.25, 0.3) is 11.0 Å². The smallest absolute Gasteiger partial charge is 0.387 e. The number of alkyl halides is 2. The van der Waals surface area contributed by atoms with Gasteiger partial charge in [0.2, 0.25) is 5.91 Å². The third-order valence-electron chi connectivity index (χ3n) is 5.46. The Morgan fingerprint density at radius 2 is 2.03 bits per heavy atom. The maximum absolute atomic E-state index is 14.1. The lowest BCUT2D eigenvalue weighted by Gasteiger charge is -2.56. The first-order chi connectivity index (χ1) is 14.1. The molecule has 0 radical (unpaired) electrons. The second-order valence-electron chi connectivity index (χ2n) is 9.04. The summed E-state index contributed by atoms with van der Waals surface area (Å²) >= 11 is 0. The summed E-state index contributed by atoms with van der Waals surface area (Å²) in [6, 6.07) is 2.81. The van der Waals surface area contributed by atoms with Gasteiger partial charge in [-0.15, -0.1) is 0 Å². The van der Waals surface area contributed by atoms with Crippen molar-refractivity contribution >= 4 is 16.9 Å². The van der Waals surface area contributed by atoms with Crippen molar-refractivity contribution in [3.05, 3.63) is 23.8 Å². The fourth-order valence-corrected chi connectivity index (χ4v) is 4.35. The van der Waals surface area contributed by atoms with Crippen LogP contribution < -0.4 is 10.1 Å². The van der Waals surface area contributed by atoms with Gasteiger partial charge in [-0.2, -0.15) is 8.78 Å². The van der Waals surface area contributed by atoms with Gasteiger partial charge >= 0.3 is 6.61 Å². The number of nitrogens with zero attached hydrogens (tertiary/aromatic N) is 3. The first-order valence-corrected chi connectivity index (χ1v) is 10.00. The highest BCUT2D eigenvalue weighted by Crippen LogP contribution is 2.33. The van der Waals surface area contributed by atoms with Crippen molar-refractivity contribution in [2.45, 2.75) is 58.0 Å². The third kappa shape index (κ3) is 4.39. The van der Waals surface area contributed by atoms with E-state index in [1.54, 1.807) is 0 Å². The van der Waals surface area contributed by atoms with E-state index in [-0.39, 0.29) is 40.3 Å². The lowest BCUT2D eigenvalue weighted by Crippen LogP contribution is -2.69. The SMILES string of the molecule is CC(C)(C)NC(=O)CN1C2CC1CN(Cc1nc3c(F)ccc(OC(F)F)c3[nH]1)C2. The Labute approximate surface area is 172 Å². The lowest BCUT2D eigenvalue weighted by atomic mass is 9.87. The zero-order valence-corrected chi connectivity index (χ0v) is 17.2. The van der Waals surface area contributed by atoms with E-state index in [0.29, 0.717) is 18.9 Å². The summed E-state index contributed by atoms with van der Waals surface area (Å²) in [5.41, 5.74) is -0.134. The molecule has 1 aromatic carbocycles. The molecule has 1 amide bonds. The number of carbonyl (C=O) groups is 1. The Morgan fingerprint density at radius 1 is 1.33 bits per heavy atom. The number of nitrogens with one attached hydrogen (secondary N) is 2. The Balaban J connectivity index is 1.39. The van der Waals surface area contributed by atoms with Gasteiger partial charge in [0.25, 0.3) is 0 Å². The monoisotopic (exact) mass is 425 g/mol. The summed E-state index contributed by atoms with van der Waals surface area (Å²) < 4.78 is 43.7. The zero-order chi connectivity index (χ0) is 21.6. The number of benzene rings is 1. The van der Waals surface area contributed by atoms with E-state index in [1.165, 1.54) is 6.07 Å². The van der Waals surface area contributed by atoms with Gasteiger partial charge < -0.3 is 15.0 Å². The highest BCUT2D eigenvalue weighted by molar-refractivity contribution is 5.82. The highest BCUT2D eigenvalue weighted by Gasteiger charge is 2.45. The second-order valence-corrected chi connectivity index (χ2v) is 9.04. The number of carbonyl (C=O) groups excluding carboxylic acids is 1. The Bertz CT molecular complexity index is 930. The summed E-state index contributed by atoms with van der Waals surface area (Å²) in [5, 5.41) is 2.99. The molecule has 7 nitrogen and oxygen atoms in total. The Hall–Kier alpha value is -2.33. The van der Waals surface area contributed by atoms with Gasteiger partial charge in [-0.1, -0.05) is 0 Å². The van der Waals surface area contributed by atoms with Crippen LogP contribution in [0.2, 0.25) is 0 Å². The summed E-state index contributed by atoms with van der Waals surface area (Å²) in [6.45, 7) is 5.22. The van der Waals surface area contributed by atoms with Crippen molar-refractivity contribution in [1.29, 1.82) is 0 Å². The van der Waals surface area contributed by atoms with Crippen molar-refractivity contribution in [1.82, 2.24) is 25.1 Å². The van der Waals surface area contributed by atoms with Crippen LogP contribution in [-0.2, 0) is 11.3 Å². The number of halogens is 3. The fraction of sp³-hybridized carbons (Fsp3) is 0.600. The van der Waals surface area contributed by atoms with Gasteiger partial charge in [0.15, 0.2) is 11.6 Å². The molecule has 30 heavy (non-hydrogen) atoms. The van der Waals surface area contributed by atoms with Gasteiger partial charge in [0.05, 0.1) is 13.1 Å². The Morgan fingerprint density at radius 3 is 2.67 bits per heavy atom. The number of aromatic nitrogens is 2. The molecule has 2 N–H and O–H groups in total. The van der Waals surface area contributed by atoms with Crippen LogP contribution in [0, 0.1) is 5.82 Å². The van der Waals surface area contributed by atoms with Gasteiger partial charge in [-0.3, -0.25) is 14.6 Å². The molecule has 10 heteroatoms. The zero-order valence-electron chi connectivity index (χ0n) is 17.2. The van der Waals surface area contributed by atoms with Crippen molar-refractivity contribution in [3.63, 3.8) is 0 Å². The van der Waals surface area contributed by atoms with Crippen molar-refractivity contribution in [2.24, 2.45) is 0 Å². The quantitative estimate of drug-likeness (QED) is 0.744. The average molecular weight is 425 g/mol. The first kappa shape index (κ1) is 20.9. The summed E-state index contributed by atoms with van der Waals surface area (Å²) in [5.74, 6) is -0.207. The molecule has 2 atom stereocenters. The number of imidazole rings is 1. The van der Waals surface area contributed by atoms with E-state index in [2.05, 4.69) is 29.8 Å². The summed E-state index contributed by atoms with van der Waals surface area (Å²) in [7, 11) is 0. The minimum atomic E-state index is -3.00. The molecular formula is C20H26F3N5O2. The lowest BCUT2D eigenvalue weighted by molar-refractivity contribution is -0.132. The summed E-state index contributed by atoms with van der Waals surface area (Å²) in [6.07, 6.45) is 1.04. The van der Waals surface area contributed by atoms with E-state index in [4.69, 9.17) is 0 Å². The number of fused-ring (bicyclic) bond motifs is 3. The standard InChI is InChI=1S/C20H26F3N5O2/c1-20(2,3)26-16(29)10-28-11-6-12(28)8-27(7-11)9-15-24-17-13(21)4-5-14(18(17)25-15)30-19(22)23/h4-5,11-12,19H,6-10H2,1-3H3,(H,24,25)(H,26,29). The van der Waals surface area contributed by atoms with Crippen LogP contribution in [0.5, 0.6) is 5.75 Å². The number of ether oxygens (including phenoxy) is 1. The molecular weight excluding hydrogens is 399 g/mol. The number of hydrogen-bond donors (Lipinski definition) is 2. The Kier molecular flexibility index (Phi) is 5.39. The molecule has 4 heterocycles.